The van der Waals surface area contributed by atoms with E-state index in [1.807, 2.05) is 35.4 Å². The molecule has 6 rings (SSSR count). The number of H-pyrrole nitrogens is 1. The van der Waals surface area contributed by atoms with Gasteiger partial charge in [0.25, 0.3) is 11.8 Å². The number of alkyl halides is 2. The number of piperidine rings is 2. The third kappa shape index (κ3) is 6.14. The topological polar surface area (TPSA) is 90.6 Å². The van der Waals surface area contributed by atoms with Crippen LogP contribution >= 0.6 is 0 Å². The molecule has 2 fully saturated rings. The smallest absolute Gasteiger partial charge is 0.251 e. The lowest BCUT2D eigenvalue weighted by atomic mass is 9.94. The Labute approximate surface area is 253 Å². The van der Waals surface area contributed by atoms with Gasteiger partial charge in [-0.2, -0.15) is 0 Å². The Morgan fingerprint density at radius 1 is 1.09 bits per heavy atom. The molecule has 0 spiro atoms. The molecule has 0 unspecified atom stereocenters. The summed E-state index contributed by atoms with van der Waals surface area (Å²) in [7, 11) is 1.45. The SMILES string of the molecule is COc1cccc(F)c1CN1C[C@H](NC(=O)c2ccc3[nH]cc(-c4ccncc4)c3c2)CC[C@H]1C(=O)N1CCC(F)(F)CC1. The molecule has 2 saturated heterocycles. The number of ether oxygens (including phenoxy) is 1. The van der Waals surface area contributed by atoms with Crippen LogP contribution in [-0.2, 0) is 11.3 Å². The average Bonchev–Trinajstić information content (AvgIpc) is 3.46. The number of likely N-dealkylation sites (tertiary alicyclic amines) is 2. The van der Waals surface area contributed by atoms with Crippen molar-refractivity contribution in [3.8, 4) is 16.9 Å². The average molecular weight is 606 g/mol. The van der Waals surface area contributed by atoms with Gasteiger partial charge in [0.05, 0.1) is 13.2 Å². The van der Waals surface area contributed by atoms with Gasteiger partial charge < -0.3 is 19.9 Å². The van der Waals surface area contributed by atoms with Crippen LogP contribution in [0, 0.1) is 5.82 Å². The fourth-order valence-electron chi connectivity index (χ4n) is 6.27. The fraction of sp³-hybridized carbons (Fsp3) is 0.364. The molecule has 2 amide bonds. The molecule has 8 nitrogen and oxygen atoms in total. The number of amides is 2. The first kappa shape index (κ1) is 29.7. The summed E-state index contributed by atoms with van der Waals surface area (Å²) in [6, 6.07) is 12.9. The Kier molecular flexibility index (Phi) is 8.31. The van der Waals surface area contributed by atoms with E-state index in [1.165, 1.54) is 18.1 Å². The van der Waals surface area contributed by atoms with Crippen molar-refractivity contribution in [2.75, 3.05) is 26.7 Å². The highest BCUT2D eigenvalue weighted by Crippen LogP contribution is 2.32. The van der Waals surface area contributed by atoms with E-state index in [1.54, 1.807) is 30.6 Å². The van der Waals surface area contributed by atoms with Gasteiger partial charge in [-0.1, -0.05) is 6.07 Å². The first-order valence-corrected chi connectivity index (χ1v) is 14.8. The van der Waals surface area contributed by atoms with Crippen molar-refractivity contribution < 1.29 is 27.5 Å². The maximum atomic E-state index is 15.0. The summed E-state index contributed by atoms with van der Waals surface area (Å²) in [4.78, 5) is 37.8. The highest BCUT2D eigenvalue weighted by molar-refractivity contribution is 6.02. The van der Waals surface area contributed by atoms with Gasteiger partial charge in [-0.15, -0.1) is 0 Å². The van der Waals surface area contributed by atoms with Gasteiger partial charge >= 0.3 is 0 Å². The lowest BCUT2D eigenvalue weighted by Gasteiger charge is -2.42. The minimum absolute atomic E-state index is 0.0253. The first-order valence-electron chi connectivity index (χ1n) is 14.8. The number of pyridine rings is 1. The standard InChI is InChI=1S/C33H34F3N5O3/c1-44-30-4-2-3-27(34)26(30)20-41-19-23(6-8-29(41)32(43)40-15-11-33(35,36)12-16-40)39-31(42)22-5-7-28-24(17-22)25(18-38-28)21-9-13-37-14-10-21/h2-5,7,9-10,13-14,17-18,23,29,38H,6,8,11-12,15-16,19-20H2,1H3,(H,39,42)/t23-,29+/m1/s1. The van der Waals surface area contributed by atoms with Crippen molar-refractivity contribution in [1.29, 1.82) is 0 Å². The Balaban J connectivity index is 1.22. The molecular weight excluding hydrogens is 571 g/mol. The van der Waals surface area contributed by atoms with E-state index < -0.39 is 17.8 Å². The van der Waals surface area contributed by atoms with Gasteiger partial charge in [-0.05, 0) is 60.9 Å². The van der Waals surface area contributed by atoms with Crippen LogP contribution in [0.15, 0.2) is 67.1 Å². The molecule has 4 aromatic rings. The number of carbonyl (C=O) groups is 2. The number of aromatic nitrogens is 2. The third-order valence-corrected chi connectivity index (χ3v) is 8.70. The molecule has 2 aromatic carbocycles. The Morgan fingerprint density at radius 2 is 1.86 bits per heavy atom. The van der Waals surface area contributed by atoms with Crippen LogP contribution in [0.5, 0.6) is 5.75 Å². The van der Waals surface area contributed by atoms with E-state index in [0.717, 1.165) is 22.0 Å². The van der Waals surface area contributed by atoms with Gasteiger partial charge in [-0.3, -0.25) is 19.5 Å². The van der Waals surface area contributed by atoms with Gasteiger partial charge in [-0.25, -0.2) is 13.2 Å². The maximum Gasteiger partial charge on any atom is 0.251 e. The zero-order valence-electron chi connectivity index (χ0n) is 24.4. The molecule has 0 aliphatic carbocycles. The Morgan fingerprint density at radius 3 is 2.61 bits per heavy atom. The quantitative estimate of drug-likeness (QED) is 0.295. The number of nitrogens with zero attached hydrogens (tertiary/aromatic N) is 3. The number of carbonyl (C=O) groups excluding carboxylic acids is 2. The minimum Gasteiger partial charge on any atom is -0.496 e. The second-order valence-electron chi connectivity index (χ2n) is 11.5. The number of hydrogen-bond donors (Lipinski definition) is 2. The highest BCUT2D eigenvalue weighted by Gasteiger charge is 2.41. The summed E-state index contributed by atoms with van der Waals surface area (Å²) in [5.74, 6) is -3.40. The summed E-state index contributed by atoms with van der Waals surface area (Å²) in [6.45, 7) is 0.288. The molecule has 2 aromatic heterocycles. The second kappa shape index (κ2) is 12.3. The van der Waals surface area contributed by atoms with Crippen molar-refractivity contribution in [2.24, 2.45) is 0 Å². The van der Waals surface area contributed by atoms with Crippen LogP contribution in [0.2, 0.25) is 0 Å². The van der Waals surface area contributed by atoms with Crippen molar-refractivity contribution >= 4 is 22.7 Å². The number of rotatable bonds is 7. The van der Waals surface area contributed by atoms with E-state index in [2.05, 4.69) is 15.3 Å². The zero-order valence-corrected chi connectivity index (χ0v) is 24.4. The van der Waals surface area contributed by atoms with Gasteiger partial charge in [0.2, 0.25) is 5.91 Å². The molecule has 11 heteroatoms. The van der Waals surface area contributed by atoms with Crippen LogP contribution in [0.1, 0.15) is 41.6 Å². The maximum absolute atomic E-state index is 15.0. The molecule has 0 bridgehead atoms. The molecule has 0 saturated carbocycles. The van der Waals surface area contributed by atoms with Gasteiger partial charge in [0.15, 0.2) is 0 Å². The number of fused-ring (bicyclic) bond motifs is 1. The summed E-state index contributed by atoms with van der Waals surface area (Å²) >= 11 is 0. The molecule has 2 aliphatic heterocycles. The van der Waals surface area contributed by atoms with E-state index in [9.17, 15) is 22.8 Å². The number of benzene rings is 2. The molecule has 44 heavy (non-hydrogen) atoms. The van der Waals surface area contributed by atoms with Crippen LogP contribution in [0.25, 0.3) is 22.0 Å². The normalized spacial score (nSPS) is 20.4. The van der Waals surface area contributed by atoms with Crippen molar-refractivity contribution in [2.45, 2.75) is 50.2 Å². The van der Waals surface area contributed by atoms with Crippen molar-refractivity contribution in [3.63, 3.8) is 0 Å². The Bertz CT molecular complexity index is 1650. The Hall–Kier alpha value is -4.38. The van der Waals surface area contributed by atoms with Gasteiger partial charge in [0, 0.05) is 91.2 Å². The summed E-state index contributed by atoms with van der Waals surface area (Å²) in [6.07, 6.45) is 5.48. The van der Waals surface area contributed by atoms with Gasteiger partial charge in [0.1, 0.15) is 11.6 Å². The summed E-state index contributed by atoms with van der Waals surface area (Å²) in [5, 5.41) is 4.01. The van der Waals surface area contributed by atoms with E-state index >= 15 is 0 Å². The lowest BCUT2D eigenvalue weighted by Crippen LogP contribution is -2.58. The van der Waals surface area contributed by atoms with Crippen LogP contribution in [0.3, 0.4) is 0 Å². The number of hydrogen-bond acceptors (Lipinski definition) is 5. The molecule has 2 aliphatic rings. The number of halogens is 3. The lowest BCUT2D eigenvalue weighted by molar-refractivity contribution is -0.144. The first-order chi connectivity index (χ1) is 21.2. The third-order valence-electron chi connectivity index (χ3n) is 8.70. The molecule has 4 heterocycles. The predicted octanol–water partition coefficient (Wildman–Crippen LogP) is 5.40. The monoisotopic (exact) mass is 605 g/mol. The van der Waals surface area contributed by atoms with Crippen LogP contribution in [0.4, 0.5) is 13.2 Å². The highest BCUT2D eigenvalue weighted by atomic mass is 19.3. The molecule has 2 atom stereocenters. The number of nitrogens with one attached hydrogen (secondary N) is 2. The van der Waals surface area contributed by atoms with E-state index in [-0.39, 0.29) is 56.9 Å². The fourth-order valence-corrected chi connectivity index (χ4v) is 6.27. The van der Waals surface area contributed by atoms with E-state index in [4.69, 9.17) is 4.74 Å². The molecule has 0 radical (unpaired) electrons. The van der Waals surface area contributed by atoms with E-state index in [0.29, 0.717) is 29.7 Å². The zero-order chi connectivity index (χ0) is 30.8. The second-order valence-corrected chi connectivity index (χ2v) is 11.5. The summed E-state index contributed by atoms with van der Waals surface area (Å²) < 4.78 is 48.0. The molecular formula is C33H34F3N5O3. The van der Waals surface area contributed by atoms with Crippen LogP contribution in [-0.4, -0.2) is 76.3 Å². The minimum atomic E-state index is -2.78. The number of methoxy groups -OCH3 is 1. The van der Waals surface area contributed by atoms with Crippen LogP contribution < -0.4 is 10.1 Å². The largest absolute Gasteiger partial charge is 0.496 e. The summed E-state index contributed by atoms with van der Waals surface area (Å²) in [5.41, 5.74) is 3.61. The van der Waals surface area contributed by atoms with Crippen molar-refractivity contribution in [3.05, 3.63) is 84.1 Å². The predicted molar refractivity (Wildman–Crippen MR) is 160 cm³/mol. The number of aromatic amines is 1. The van der Waals surface area contributed by atoms with Crippen molar-refractivity contribution in [1.82, 2.24) is 25.1 Å². The molecule has 230 valence electrons. The molecule has 2 N–H and O–H groups in total.